The molecule has 0 saturated heterocycles. The zero-order chi connectivity index (χ0) is 9.52. The van der Waals surface area contributed by atoms with E-state index in [0.29, 0.717) is 5.92 Å². The van der Waals surface area contributed by atoms with Crippen molar-refractivity contribution >= 4 is 4.08 Å². The van der Waals surface area contributed by atoms with Crippen LogP contribution in [-0.2, 0) is 24.1 Å². The summed E-state index contributed by atoms with van der Waals surface area (Å²) in [5.74, 6) is 0.508. The quantitative estimate of drug-likeness (QED) is 0.760. The second-order valence-corrected chi connectivity index (χ2v) is 4.46. The van der Waals surface area contributed by atoms with E-state index in [2.05, 4.69) is 36.5 Å². The van der Waals surface area contributed by atoms with Crippen LogP contribution >= 0.6 is 0 Å². The fourth-order valence-corrected chi connectivity index (χ4v) is 2.27. The summed E-state index contributed by atoms with van der Waals surface area (Å²) in [5, 5.41) is 0. The van der Waals surface area contributed by atoms with E-state index in [0.717, 1.165) is 13.0 Å². The van der Waals surface area contributed by atoms with Gasteiger partial charge in [0, 0.05) is 0 Å². The average Bonchev–Trinajstić information content (AvgIpc) is 2.33. The molecule has 0 atom stereocenters. The molecule has 0 spiro atoms. The molecule has 0 heterocycles. The summed E-state index contributed by atoms with van der Waals surface area (Å²) >= 11 is 1.44. The summed E-state index contributed by atoms with van der Waals surface area (Å²) in [6.45, 7) is 2.82. The molecular formula is C11H14OW. The van der Waals surface area contributed by atoms with Gasteiger partial charge in [0.05, 0.1) is 0 Å². The molecule has 0 saturated carbocycles. The maximum atomic E-state index is 5.45. The van der Waals surface area contributed by atoms with E-state index in [1.54, 1.807) is 0 Å². The van der Waals surface area contributed by atoms with Crippen molar-refractivity contribution < 1.29 is 24.1 Å². The van der Waals surface area contributed by atoms with E-state index < -0.39 is 0 Å². The third-order valence-electron chi connectivity index (χ3n) is 1.76. The molecule has 2 heteroatoms. The molecule has 0 aromatic heterocycles. The van der Waals surface area contributed by atoms with E-state index in [-0.39, 0.29) is 0 Å². The normalized spacial score (nSPS) is 16.1. The zero-order valence-corrected chi connectivity index (χ0v) is 10.7. The molecular weight excluding hydrogens is 332 g/mol. The summed E-state index contributed by atoms with van der Waals surface area (Å²) in [4.78, 5) is 0. The Morgan fingerprint density at radius 1 is 1.23 bits per heavy atom. The van der Waals surface area contributed by atoms with Gasteiger partial charge in [0.15, 0.2) is 0 Å². The third-order valence-corrected chi connectivity index (χ3v) is 2.78. The van der Waals surface area contributed by atoms with Crippen molar-refractivity contribution in [3.05, 3.63) is 36.5 Å². The minimum absolute atomic E-state index is 0.508. The fourth-order valence-electron chi connectivity index (χ4n) is 1.15. The first-order chi connectivity index (χ1) is 6.33. The van der Waals surface area contributed by atoms with Crippen LogP contribution in [0.3, 0.4) is 0 Å². The van der Waals surface area contributed by atoms with Gasteiger partial charge in [-0.05, 0) is 0 Å². The topological polar surface area (TPSA) is 9.23 Å². The molecule has 0 bridgehead atoms. The van der Waals surface area contributed by atoms with E-state index in [9.17, 15) is 0 Å². The van der Waals surface area contributed by atoms with Crippen LogP contribution in [0.1, 0.15) is 13.3 Å². The summed E-state index contributed by atoms with van der Waals surface area (Å²) in [5.41, 5.74) is 0. The molecule has 1 aliphatic rings. The van der Waals surface area contributed by atoms with Crippen LogP contribution in [0.25, 0.3) is 0 Å². The van der Waals surface area contributed by atoms with Gasteiger partial charge >= 0.3 is 90.5 Å². The SMILES string of the molecule is CCO[C](=[W])CC1C=CC=CC=C1. The third kappa shape index (κ3) is 4.49. The Balaban J connectivity index is 2.40. The molecule has 0 unspecified atom stereocenters. The van der Waals surface area contributed by atoms with Crippen molar-refractivity contribution in [3.8, 4) is 0 Å². The Kier molecular flexibility index (Phi) is 5.18. The minimum atomic E-state index is 0.508. The summed E-state index contributed by atoms with van der Waals surface area (Å²) < 4.78 is 6.65. The molecule has 0 aromatic carbocycles. The van der Waals surface area contributed by atoms with Crippen LogP contribution < -0.4 is 0 Å². The first-order valence-corrected chi connectivity index (χ1v) is 5.97. The van der Waals surface area contributed by atoms with Gasteiger partial charge in [-0.1, -0.05) is 0 Å². The van der Waals surface area contributed by atoms with Gasteiger partial charge in [-0.15, -0.1) is 0 Å². The molecule has 1 nitrogen and oxygen atoms in total. The molecule has 1 rings (SSSR count). The number of hydrogen-bond acceptors (Lipinski definition) is 1. The van der Waals surface area contributed by atoms with Crippen LogP contribution in [0.5, 0.6) is 0 Å². The monoisotopic (exact) mass is 346 g/mol. The summed E-state index contributed by atoms with van der Waals surface area (Å²) in [6, 6.07) is 0. The number of allylic oxidation sites excluding steroid dienone is 6. The number of rotatable bonds is 4. The Hall–Kier alpha value is -0.262. The van der Waals surface area contributed by atoms with Crippen molar-refractivity contribution in [2.75, 3.05) is 6.61 Å². The molecule has 70 valence electrons. The van der Waals surface area contributed by atoms with Crippen molar-refractivity contribution in [3.63, 3.8) is 0 Å². The average molecular weight is 346 g/mol. The van der Waals surface area contributed by atoms with Crippen LogP contribution in [0.15, 0.2) is 36.5 Å². The first kappa shape index (κ1) is 10.8. The standard InChI is InChI=1S/C11H14O.W/c1-2-12-10-9-11-7-5-3-4-6-8-11;/h3-8,11H,2,9H2,1H3;. The predicted octanol–water partition coefficient (Wildman–Crippen LogP) is 2.39. The Morgan fingerprint density at radius 2 is 1.85 bits per heavy atom. The number of ether oxygens (including phenoxy) is 1. The van der Waals surface area contributed by atoms with E-state index in [1.807, 2.05) is 6.92 Å². The van der Waals surface area contributed by atoms with Crippen LogP contribution in [-0.4, -0.2) is 10.7 Å². The van der Waals surface area contributed by atoms with E-state index >= 15 is 0 Å². The Morgan fingerprint density at radius 3 is 2.38 bits per heavy atom. The zero-order valence-electron chi connectivity index (χ0n) is 7.77. The van der Waals surface area contributed by atoms with Gasteiger partial charge in [0.2, 0.25) is 0 Å². The molecule has 0 fully saturated rings. The molecule has 0 aliphatic heterocycles. The first-order valence-electron chi connectivity index (χ1n) is 4.50. The van der Waals surface area contributed by atoms with Crippen molar-refractivity contribution in [1.29, 1.82) is 0 Å². The Labute approximate surface area is 90.6 Å². The Bertz CT molecular complexity index is 235. The predicted molar refractivity (Wildman–Crippen MR) is 52.2 cm³/mol. The van der Waals surface area contributed by atoms with Crippen LogP contribution in [0.4, 0.5) is 0 Å². The fraction of sp³-hybridized carbons (Fsp3) is 0.364. The second-order valence-electron chi connectivity index (χ2n) is 2.83. The summed E-state index contributed by atoms with van der Waals surface area (Å²) in [6.07, 6.45) is 13.7. The van der Waals surface area contributed by atoms with Gasteiger partial charge in [0.25, 0.3) is 0 Å². The second kappa shape index (κ2) is 6.23. The van der Waals surface area contributed by atoms with E-state index in [4.69, 9.17) is 4.74 Å². The molecule has 0 N–H and O–H groups in total. The maximum absolute atomic E-state index is 5.45. The van der Waals surface area contributed by atoms with Crippen LogP contribution in [0.2, 0.25) is 0 Å². The van der Waals surface area contributed by atoms with Crippen molar-refractivity contribution in [2.45, 2.75) is 13.3 Å². The van der Waals surface area contributed by atoms with Gasteiger partial charge < -0.3 is 0 Å². The van der Waals surface area contributed by atoms with E-state index in [1.165, 1.54) is 23.4 Å². The summed E-state index contributed by atoms with van der Waals surface area (Å²) in [7, 11) is 0. The van der Waals surface area contributed by atoms with Gasteiger partial charge in [-0.3, -0.25) is 0 Å². The number of hydrogen-bond donors (Lipinski definition) is 0. The van der Waals surface area contributed by atoms with Gasteiger partial charge in [-0.25, -0.2) is 0 Å². The molecule has 13 heavy (non-hydrogen) atoms. The van der Waals surface area contributed by atoms with Crippen molar-refractivity contribution in [2.24, 2.45) is 5.92 Å². The van der Waals surface area contributed by atoms with Crippen molar-refractivity contribution in [1.82, 2.24) is 0 Å². The molecule has 1 aliphatic carbocycles. The van der Waals surface area contributed by atoms with Gasteiger partial charge in [-0.2, -0.15) is 0 Å². The molecule has 0 aromatic rings. The van der Waals surface area contributed by atoms with Gasteiger partial charge in [0.1, 0.15) is 0 Å². The molecule has 0 amide bonds. The van der Waals surface area contributed by atoms with Crippen LogP contribution in [0, 0.1) is 5.92 Å². The molecule has 0 radical (unpaired) electrons.